The van der Waals surface area contributed by atoms with Crippen LogP contribution in [0.4, 0.5) is 0 Å². The molecule has 2 rings (SSSR count). The minimum Gasteiger partial charge on any atom is -0.396 e. The summed E-state index contributed by atoms with van der Waals surface area (Å²) < 4.78 is 5.87. The van der Waals surface area contributed by atoms with Crippen LogP contribution in [-0.2, 0) is 4.74 Å². The van der Waals surface area contributed by atoms with Crippen molar-refractivity contribution < 1.29 is 9.84 Å². The summed E-state index contributed by atoms with van der Waals surface area (Å²) in [5, 5.41) is 12.6. The maximum atomic E-state index is 8.94. The van der Waals surface area contributed by atoms with Crippen molar-refractivity contribution in [2.45, 2.75) is 58.2 Å². The fourth-order valence-electron chi connectivity index (χ4n) is 3.44. The molecule has 1 heterocycles. The van der Waals surface area contributed by atoms with E-state index < -0.39 is 0 Å². The molecule has 2 N–H and O–H groups in total. The number of rotatable bonds is 4. The zero-order chi connectivity index (χ0) is 11.8. The minimum atomic E-state index is 0.245. The third-order valence-corrected chi connectivity index (χ3v) is 4.36. The monoisotopic (exact) mass is 227 g/mol. The van der Waals surface area contributed by atoms with Crippen molar-refractivity contribution in [1.82, 2.24) is 5.32 Å². The van der Waals surface area contributed by atoms with E-state index in [1.165, 1.54) is 12.8 Å². The number of hydrogen-bond acceptors (Lipinski definition) is 3. The van der Waals surface area contributed by atoms with Crippen LogP contribution < -0.4 is 5.32 Å². The molecule has 3 heteroatoms. The fraction of sp³-hybridized carbons (Fsp3) is 1.00. The summed E-state index contributed by atoms with van der Waals surface area (Å²) in [7, 11) is 0. The van der Waals surface area contributed by atoms with Crippen molar-refractivity contribution >= 4 is 0 Å². The van der Waals surface area contributed by atoms with Gasteiger partial charge in [0.2, 0.25) is 0 Å². The van der Waals surface area contributed by atoms with Crippen LogP contribution in [0.5, 0.6) is 0 Å². The van der Waals surface area contributed by atoms with Gasteiger partial charge < -0.3 is 15.2 Å². The number of aliphatic hydroxyl groups excluding tert-OH is 1. The second kappa shape index (κ2) is 4.63. The molecule has 16 heavy (non-hydrogen) atoms. The lowest BCUT2D eigenvalue weighted by atomic mass is 9.55. The van der Waals surface area contributed by atoms with Crippen LogP contribution in [0.1, 0.15) is 40.0 Å². The summed E-state index contributed by atoms with van der Waals surface area (Å²) in [5.41, 5.74) is 0.245. The van der Waals surface area contributed by atoms with Crippen LogP contribution in [0, 0.1) is 11.3 Å². The molecule has 2 aliphatic rings. The van der Waals surface area contributed by atoms with Gasteiger partial charge in [-0.15, -0.1) is 0 Å². The molecular formula is C13H25NO2. The number of nitrogens with one attached hydrogen (secondary N) is 1. The van der Waals surface area contributed by atoms with Gasteiger partial charge in [0.15, 0.2) is 0 Å². The molecule has 1 aliphatic carbocycles. The highest BCUT2D eigenvalue weighted by molar-refractivity contribution is 5.10. The first-order chi connectivity index (χ1) is 7.57. The second-order valence-electron chi connectivity index (χ2n) is 5.98. The van der Waals surface area contributed by atoms with Crippen LogP contribution >= 0.6 is 0 Å². The summed E-state index contributed by atoms with van der Waals surface area (Å²) in [5.74, 6) is 0.685. The van der Waals surface area contributed by atoms with Crippen LogP contribution in [0.15, 0.2) is 0 Å². The van der Waals surface area contributed by atoms with Crippen molar-refractivity contribution in [2.24, 2.45) is 11.3 Å². The normalized spacial score (nSPS) is 38.6. The van der Waals surface area contributed by atoms with Crippen LogP contribution in [0.2, 0.25) is 0 Å². The van der Waals surface area contributed by atoms with Gasteiger partial charge in [-0.25, -0.2) is 0 Å². The summed E-state index contributed by atoms with van der Waals surface area (Å²) >= 11 is 0. The molecule has 3 nitrogen and oxygen atoms in total. The van der Waals surface area contributed by atoms with Crippen molar-refractivity contribution in [2.75, 3.05) is 13.2 Å². The highest BCUT2D eigenvalue weighted by Crippen LogP contribution is 2.51. The van der Waals surface area contributed by atoms with Gasteiger partial charge >= 0.3 is 0 Å². The second-order valence-corrected chi connectivity index (χ2v) is 5.98. The van der Waals surface area contributed by atoms with Crippen molar-refractivity contribution in [3.05, 3.63) is 0 Å². The third-order valence-electron chi connectivity index (χ3n) is 4.36. The lowest BCUT2D eigenvalue weighted by Crippen LogP contribution is -2.70. The highest BCUT2D eigenvalue weighted by Gasteiger charge is 2.57. The lowest BCUT2D eigenvalue weighted by molar-refractivity contribution is -0.194. The van der Waals surface area contributed by atoms with E-state index in [4.69, 9.17) is 9.84 Å². The first-order valence-electron chi connectivity index (χ1n) is 6.56. The summed E-state index contributed by atoms with van der Waals surface area (Å²) in [6.45, 7) is 7.95. The summed E-state index contributed by atoms with van der Waals surface area (Å²) in [4.78, 5) is 0. The Balaban J connectivity index is 1.93. The van der Waals surface area contributed by atoms with Gasteiger partial charge in [-0.3, -0.25) is 0 Å². The first kappa shape index (κ1) is 12.3. The van der Waals surface area contributed by atoms with Crippen LogP contribution in [-0.4, -0.2) is 36.5 Å². The van der Waals surface area contributed by atoms with Gasteiger partial charge in [0.05, 0.1) is 6.10 Å². The molecule has 0 aromatic carbocycles. The Labute approximate surface area is 98.6 Å². The molecule has 94 valence electrons. The number of hydrogen-bond donors (Lipinski definition) is 2. The van der Waals surface area contributed by atoms with Gasteiger partial charge in [0.1, 0.15) is 0 Å². The van der Waals surface area contributed by atoms with E-state index in [1.807, 2.05) is 0 Å². The topological polar surface area (TPSA) is 41.5 Å². The Hall–Kier alpha value is -0.120. The van der Waals surface area contributed by atoms with Crippen molar-refractivity contribution in [3.63, 3.8) is 0 Å². The standard InChI is InChI=1S/C13H25NO2/c1-9(6-7-15)14-11-10-5-4-8-16-12(10)13(11,2)3/h9-12,14-15H,4-8H2,1-3H3/t9-,10?,11?,12?/m1/s1. The molecule has 0 aromatic heterocycles. The Kier molecular flexibility index (Phi) is 3.57. The molecule has 0 spiro atoms. The first-order valence-corrected chi connectivity index (χ1v) is 6.56. The fourth-order valence-corrected chi connectivity index (χ4v) is 3.44. The van der Waals surface area contributed by atoms with Gasteiger partial charge in [0, 0.05) is 36.6 Å². The Morgan fingerprint density at radius 1 is 1.50 bits per heavy atom. The number of aliphatic hydroxyl groups is 1. The molecule has 3 unspecified atom stereocenters. The van der Waals surface area contributed by atoms with Gasteiger partial charge in [-0.2, -0.15) is 0 Å². The predicted octanol–water partition coefficient (Wildman–Crippen LogP) is 1.55. The largest absolute Gasteiger partial charge is 0.396 e. The van der Waals surface area contributed by atoms with E-state index in [2.05, 4.69) is 26.1 Å². The zero-order valence-electron chi connectivity index (χ0n) is 10.7. The van der Waals surface area contributed by atoms with Crippen molar-refractivity contribution in [3.8, 4) is 0 Å². The molecule has 1 aliphatic heterocycles. The summed E-state index contributed by atoms with van der Waals surface area (Å²) in [6, 6.07) is 0.955. The summed E-state index contributed by atoms with van der Waals surface area (Å²) in [6.07, 6.45) is 3.77. The van der Waals surface area contributed by atoms with E-state index in [9.17, 15) is 0 Å². The Morgan fingerprint density at radius 3 is 2.94 bits per heavy atom. The molecule has 4 atom stereocenters. The average molecular weight is 227 g/mol. The van der Waals surface area contributed by atoms with E-state index in [-0.39, 0.29) is 12.0 Å². The number of fused-ring (bicyclic) bond motifs is 1. The van der Waals surface area contributed by atoms with Gasteiger partial charge in [-0.05, 0) is 26.2 Å². The minimum absolute atomic E-state index is 0.245. The molecule has 0 amide bonds. The average Bonchev–Trinajstić information content (AvgIpc) is 2.26. The maximum absolute atomic E-state index is 8.94. The quantitative estimate of drug-likeness (QED) is 0.765. The van der Waals surface area contributed by atoms with E-state index >= 15 is 0 Å². The highest BCUT2D eigenvalue weighted by atomic mass is 16.5. The number of ether oxygens (including phenoxy) is 1. The maximum Gasteiger partial charge on any atom is 0.0684 e. The van der Waals surface area contributed by atoms with E-state index in [1.54, 1.807) is 0 Å². The van der Waals surface area contributed by atoms with Gasteiger partial charge in [0.25, 0.3) is 0 Å². The molecule has 0 aromatic rings. The van der Waals surface area contributed by atoms with Crippen molar-refractivity contribution in [1.29, 1.82) is 0 Å². The van der Waals surface area contributed by atoms with Gasteiger partial charge in [-0.1, -0.05) is 13.8 Å². The predicted molar refractivity (Wildman–Crippen MR) is 64.3 cm³/mol. The Bertz CT molecular complexity index is 242. The third kappa shape index (κ3) is 2.01. The SMILES string of the molecule is C[C@H](CCO)NC1C2CCCOC2C1(C)C. The molecule has 1 saturated carbocycles. The molecular weight excluding hydrogens is 202 g/mol. The smallest absolute Gasteiger partial charge is 0.0684 e. The Morgan fingerprint density at radius 2 is 2.25 bits per heavy atom. The van der Waals surface area contributed by atoms with Crippen LogP contribution in [0.25, 0.3) is 0 Å². The molecule has 2 fully saturated rings. The molecule has 1 saturated heterocycles. The van der Waals surface area contributed by atoms with E-state index in [0.717, 1.165) is 13.0 Å². The van der Waals surface area contributed by atoms with Crippen LogP contribution in [0.3, 0.4) is 0 Å². The molecule has 0 bridgehead atoms. The van der Waals surface area contributed by atoms with E-state index in [0.29, 0.717) is 24.1 Å². The lowest BCUT2D eigenvalue weighted by Gasteiger charge is -2.60. The zero-order valence-corrected chi connectivity index (χ0v) is 10.7. The molecule has 0 radical (unpaired) electrons.